The number of benzene rings is 1. The highest BCUT2D eigenvalue weighted by atomic mass is 127. The molecule has 0 fully saturated rings. The Morgan fingerprint density at radius 2 is 2.11 bits per heavy atom. The van der Waals surface area contributed by atoms with Gasteiger partial charge in [0.2, 0.25) is 0 Å². The van der Waals surface area contributed by atoms with Gasteiger partial charge in [-0.1, -0.05) is 13.0 Å². The van der Waals surface area contributed by atoms with Crippen molar-refractivity contribution >= 4 is 33.9 Å². The molecule has 0 amide bonds. The zero-order valence-corrected chi connectivity index (χ0v) is 13.4. The van der Waals surface area contributed by atoms with Gasteiger partial charge in [0.05, 0.1) is 8.93 Å². The second kappa shape index (κ2) is 6.76. The van der Waals surface area contributed by atoms with Crippen molar-refractivity contribution < 1.29 is 8.78 Å². The van der Waals surface area contributed by atoms with Gasteiger partial charge in [-0.05, 0) is 58.6 Å². The maximum Gasteiger partial charge on any atom is 0.131 e. The summed E-state index contributed by atoms with van der Waals surface area (Å²) in [6.07, 6.45) is 0.959. The van der Waals surface area contributed by atoms with Crippen LogP contribution in [0.2, 0.25) is 0 Å². The third kappa shape index (κ3) is 3.73. The van der Waals surface area contributed by atoms with Crippen LogP contribution in [0.15, 0.2) is 29.6 Å². The Balaban J connectivity index is 2.36. The van der Waals surface area contributed by atoms with Gasteiger partial charge in [-0.25, -0.2) is 8.78 Å². The molecule has 0 aliphatic heterocycles. The Hall–Kier alpha value is -0.530. The molecule has 1 heterocycles. The molecule has 1 aromatic carbocycles. The highest BCUT2D eigenvalue weighted by molar-refractivity contribution is 14.1. The first-order chi connectivity index (χ1) is 9.11. The van der Waals surface area contributed by atoms with Gasteiger partial charge in [0.1, 0.15) is 11.6 Å². The third-order valence-electron chi connectivity index (χ3n) is 2.79. The lowest BCUT2D eigenvalue weighted by Gasteiger charge is -2.18. The molecule has 0 bridgehead atoms. The molecular formula is C14H14F2INS. The Labute approximate surface area is 129 Å². The number of hydrogen-bond acceptors (Lipinski definition) is 2. The minimum Gasteiger partial charge on any atom is -0.306 e. The van der Waals surface area contributed by atoms with E-state index >= 15 is 0 Å². The van der Waals surface area contributed by atoms with E-state index < -0.39 is 11.6 Å². The molecular weight excluding hydrogens is 379 g/mol. The average Bonchev–Trinajstić information content (AvgIpc) is 2.78. The number of rotatable bonds is 5. The fourth-order valence-electron chi connectivity index (χ4n) is 1.91. The number of hydrogen-bond donors (Lipinski definition) is 1. The van der Waals surface area contributed by atoms with Crippen molar-refractivity contribution in [3.8, 4) is 0 Å². The van der Waals surface area contributed by atoms with Crippen LogP contribution in [0.25, 0.3) is 0 Å². The normalized spacial score (nSPS) is 12.6. The summed E-state index contributed by atoms with van der Waals surface area (Å²) in [6, 6.07) is 5.56. The van der Waals surface area contributed by atoms with Crippen molar-refractivity contribution in [2.24, 2.45) is 0 Å². The first-order valence-corrected chi connectivity index (χ1v) is 8.00. The van der Waals surface area contributed by atoms with E-state index in [-0.39, 0.29) is 6.04 Å². The maximum absolute atomic E-state index is 13.9. The van der Waals surface area contributed by atoms with Crippen molar-refractivity contribution in [3.05, 3.63) is 55.3 Å². The van der Waals surface area contributed by atoms with Crippen LogP contribution in [-0.4, -0.2) is 6.54 Å². The van der Waals surface area contributed by atoms with Crippen molar-refractivity contribution in [2.75, 3.05) is 6.54 Å². The predicted octanol–water partition coefficient (Wildman–Crippen LogP) is 4.72. The quantitative estimate of drug-likeness (QED) is 0.725. The van der Waals surface area contributed by atoms with E-state index in [1.165, 1.54) is 12.1 Å². The van der Waals surface area contributed by atoms with Crippen LogP contribution >= 0.6 is 33.9 Å². The second-order valence-electron chi connectivity index (χ2n) is 4.24. The number of thiophene rings is 1. The first-order valence-electron chi connectivity index (χ1n) is 6.04. The maximum atomic E-state index is 13.9. The summed E-state index contributed by atoms with van der Waals surface area (Å²) >= 11 is 3.86. The van der Waals surface area contributed by atoms with Crippen LogP contribution in [0, 0.1) is 14.5 Å². The predicted molar refractivity (Wildman–Crippen MR) is 83.5 cm³/mol. The molecule has 0 spiro atoms. The van der Waals surface area contributed by atoms with E-state index in [9.17, 15) is 8.78 Å². The lowest BCUT2D eigenvalue weighted by Crippen LogP contribution is -2.23. The van der Waals surface area contributed by atoms with Crippen LogP contribution in [0.3, 0.4) is 0 Å². The van der Waals surface area contributed by atoms with Crippen molar-refractivity contribution in [2.45, 2.75) is 19.4 Å². The fraction of sp³-hybridized carbons (Fsp3) is 0.286. The molecule has 2 rings (SSSR count). The zero-order valence-electron chi connectivity index (χ0n) is 10.4. The minimum absolute atomic E-state index is 0.222. The topological polar surface area (TPSA) is 12.0 Å². The van der Waals surface area contributed by atoms with Gasteiger partial charge in [-0.3, -0.25) is 0 Å². The smallest absolute Gasteiger partial charge is 0.131 e. The van der Waals surface area contributed by atoms with Gasteiger partial charge in [0.25, 0.3) is 0 Å². The van der Waals surface area contributed by atoms with Gasteiger partial charge in [0.15, 0.2) is 0 Å². The molecule has 0 radical (unpaired) electrons. The van der Waals surface area contributed by atoms with Gasteiger partial charge >= 0.3 is 0 Å². The van der Waals surface area contributed by atoms with Crippen LogP contribution < -0.4 is 5.32 Å². The molecule has 2 aromatic rings. The molecule has 0 saturated heterocycles. The monoisotopic (exact) mass is 393 g/mol. The summed E-state index contributed by atoms with van der Waals surface area (Å²) in [5, 5.41) is 5.33. The van der Waals surface area contributed by atoms with Gasteiger partial charge < -0.3 is 5.32 Å². The summed E-state index contributed by atoms with van der Waals surface area (Å²) in [5.41, 5.74) is 1.51. The standard InChI is InChI=1S/C14H14F2INS/c1-2-5-18-14(9-6-13(17)19-8-9)11-4-3-10(15)7-12(11)16/h3-4,6-8,14,18H,2,5H2,1H3. The van der Waals surface area contributed by atoms with Crippen LogP contribution in [0.4, 0.5) is 8.78 Å². The van der Waals surface area contributed by atoms with E-state index in [1.54, 1.807) is 11.3 Å². The fourth-order valence-corrected chi connectivity index (χ4v) is 3.30. The molecule has 5 heteroatoms. The Morgan fingerprint density at radius 1 is 1.32 bits per heavy atom. The molecule has 1 nitrogen and oxygen atoms in total. The lowest BCUT2D eigenvalue weighted by molar-refractivity contribution is 0.533. The van der Waals surface area contributed by atoms with E-state index in [4.69, 9.17) is 0 Å². The molecule has 0 aliphatic carbocycles. The Bertz CT molecular complexity index is 556. The molecule has 0 saturated carbocycles. The summed E-state index contributed by atoms with van der Waals surface area (Å²) in [5.74, 6) is -1.05. The highest BCUT2D eigenvalue weighted by Crippen LogP contribution is 2.29. The molecule has 19 heavy (non-hydrogen) atoms. The van der Waals surface area contributed by atoms with E-state index in [0.29, 0.717) is 5.56 Å². The van der Waals surface area contributed by atoms with E-state index in [2.05, 4.69) is 34.8 Å². The second-order valence-corrected chi connectivity index (χ2v) is 7.04. The van der Waals surface area contributed by atoms with Gasteiger partial charge in [0, 0.05) is 11.6 Å². The third-order valence-corrected chi connectivity index (χ3v) is 4.60. The highest BCUT2D eigenvalue weighted by Gasteiger charge is 2.18. The van der Waals surface area contributed by atoms with Crippen LogP contribution in [0.1, 0.15) is 30.5 Å². The van der Waals surface area contributed by atoms with Crippen LogP contribution in [0.5, 0.6) is 0 Å². The van der Waals surface area contributed by atoms with Crippen molar-refractivity contribution in [1.82, 2.24) is 5.32 Å². The van der Waals surface area contributed by atoms with Gasteiger partial charge in [-0.15, -0.1) is 11.3 Å². The molecule has 1 N–H and O–H groups in total. The minimum atomic E-state index is -0.546. The molecule has 0 aliphatic rings. The molecule has 1 aromatic heterocycles. The number of halogens is 3. The first kappa shape index (κ1) is 14.9. The molecule has 1 unspecified atom stereocenters. The van der Waals surface area contributed by atoms with Crippen LogP contribution in [-0.2, 0) is 0 Å². The van der Waals surface area contributed by atoms with E-state index in [1.807, 2.05) is 11.4 Å². The summed E-state index contributed by atoms with van der Waals surface area (Å²) in [6.45, 7) is 2.84. The summed E-state index contributed by atoms with van der Waals surface area (Å²) in [7, 11) is 0. The summed E-state index contributed by atoms with van der Waals surface area (Å²) < 4.78 is 28.1. The van der Waals surface area contributed by atoms with Gasteiger partial charge in [-0.2, -0.15) is 0 Å². The summed E-state index contributed by atoms with van der Waals surface area (Å²) in [4.78, 5) is 0. The average molecular weight is 393 g/mol. The van der Waals surface area contributed by atoms with Crippen molar-refractivity contribution in [3.63, 3.8) is 0 Å². The lowest BCUT2D eigenvalue weighted by atomic mass is 10.0. The van der Waals surface area contributed by atoms with E-state index in [0.717, 1.165) is 27.5 Å². The Morgan fingerprint density at radius 3 is 2.68 bits per heavy atom. The molecule has 102 valence electrons. The Kier molecular flexibility index (Phi) is 5.29. The SMILES string of the molecule is CCCNC(c1csc(I)c1)c1ccc(F)cc1F. The zero-order chi connectivity index (χ0) is 13.8. The number of nitrogens with one attached hydrogen (secondary N) is 1. The van der Waals surface area contributed by atoms with Crippen molar-refractivity contribution in [1.29, 1.82) is 0 Å². The molecule has 1 atom stereocenters. The largest absolute Gasteiger partial charge is 0.306 e.